The minimum atomic E-state index is -0.250. The molecule has 2 aromatic carbocycles. The van der Waals surface area contributed by atoms with E-state index in [1.54, 1.807) is 43.4 Å². The average molecular weight is 423 g/mol. The van der Waals surface area contributed by atoms with Crippen LogP contribution in [0.15, 0.2) is 47.0 Å². The van der Waals surface area contributed by atoms with Crippen molar-refractivity contribution in [3.63, 3.8) is 0 Å². The molecule has 0 bridgehead atoms. The van der Waals surface area contributed by atoms with Crippen LogP contribution in [0, 0.1) is 0 Å². The summed E-state index contributed by atoms with van der Waals surface area (Å²) in [6.07, 6.45) is 1.65. The van der Waals surface area contributed by atoms with E-state index >= 15 is 0 Å². The third-order valence-electron chi connectivity index (χ3n) is 5.29. The highest BCUT2D eigenvalue weighted by Gasteiger charge is 2.34. The quantitative estimate of drug-likeness (QED) is 0.565. The van der Waals surface area contributed by atoms with Crippen molar-refractivity contribution in [2.75, 3.05) is 27.4 Å². The fraction of sp³-hybridized carbons (Fsp3) is 0.348. The molecule has 3 aromatic rings. The molecule has 0 saturated carbocycles. The number of aromatic nitrogens is 2. The molecule has 0 spiro atoms. The molecule has 4 rings (SSSR count). The second-order valence-electron chi connectivity index (χ2n) is 7.14. The summed E-state index contributed by atoms with van der Waals surface area (Å²) in [5.41, 5.74) is 1.35. The van der Waals surface area contributed by atoms with Crippen molar-refractivity contribution in [1.29, 1.82) is 0 Å². The van der Waals surface area contributed by atoms with Gasteiger partial charge in [0.1, 0.15) is 11.8 Å². The number of carbonyl (C=O) groups is 1. The number of likely N-dealkylation sites (tertiary alicyclic amines) is 1. The highest BCUT2D eigenvalue weighted by Crippen LogP contribution is 2.35. The largest absolute Gasteiger partial charge is 0.494 e. The van der Waals surface area contributed by atoms with Crippen molar-refractivity contribution in [2.45, 2.75) is 25.8 Å². The summed E-state index contributed by atoms with van der Waals surface area (Å²) in [6.45, 7) is 3.15. The Balaban J connectivity index is 1.54. The number of ether oxygens (including phenoxy) is 3. The summed E-state index contributed by atoms with van der Waals surface area (Å²) in [4.78, 5) is 19.5. The van der Waals surface area contributed by atoms with E-state index in [0.29, 0.717) is 41.9 Å². The van der Waals surface area contributed by atoms with Gasteiger partial charge < -0.3 is 23.6 Å². The first-order valence-corrected chi connectivity index (χ1v) is 10.2. The van der Waals surface area contributed by atoms with Crippen LogP contribution in [0.1, 0.15) is 42.1 Å². The SMILES string of the molecule is CCOc1ccc(C(=O)N2CCC[C@@H]2c2nc(-c3ccc(OC)c(OC)c3)no2)cc1. The summed E-state index contributed by atoms with van der Waals surface area (Å²) in [6, 6.07) is 12.4. The van der Waals surface area contributed by atoms with Crippen molar-refractivity contribution >= 4 is 5.91 Å². The third-order valence-corrected chi connectivity index (χ3v) is 5.29. The molecular weight excluding hydrogens is 398 g/mol. The summed E-state index contributed by atoms with van der Waals surface area (Å²) in [5, 5.41) is 4.12. The molecule has 8 nitrogen and oxygen atoms in total. The van der Waals surface area contributed by atoms with Gasteiger partial charge in [-0.3, -0.25) is 4.79 Å². The van der Waals surface area contributed by atoms with Crippen LogP contribution in [0.2, 0.25) is 0 Å². The van der Waals surface area contributed by atoms with Gasteiger partial charge in [0.15, 0.2) is 11.5 Å². The van der Waals surface area contributed by atoms with E-state index in [2.05, 4.69) is 10.1 Å². The Bertz CT molecular complexity index is 1050. The Morgan fingerprint density at radius 3 is 2.61 bits per heavy atom. The first kappa shape index (κ1) is 20.7. The topological polar surface area (TPSA) is 86.9 Å². The lowest BCUT2D eigenvalue weighted by atomic mass is 10.1. The van der Waals surface area contributed by atoms with Gasteiger partial charge in [-0.25, -0.2) is 0 Å². The van der Waals surface area contributed by atoms with Crippen LogP contribution in [-0.2, 0) is 0 Å². The molecule has 8 heteroatoms. The molecule has 162 valence electrons. The molecule has 1 atom stereocenters. The van der Waals surface area contributed by atoms with E-state index in [0.717, 1.165) is 24.2 Å². The number of benzene rings is 2. The van der Waals surface area contributed by atoms with Gasteiger partial charge >= 0.3 is 0 Å². The van der Waals surface area contributed by atoms with Gasteiger partial charge in [-0.05, 0) is 62.2 Å². The number of nitrogens with zero attached hydrogens (tertiary/aromatic N) is 3. The van der Waals surface area contributed by atoms with Gasteiger partial charge in [-0.2, -0.15) is 4.98 Å². The van der Waals surface area contributed by atoms with Gasteiger partial charge in [0, 0.05) is 17.7 Å². The number of rotatable bonds is 7. The van der Waals surface area contributed by atoms with Gasteiger partial charge in [-0.15, -0.1) is 0 Å². The molecule has 1 aromatic heterocycles. The smallest absolute Gasteiger partial charge is 0.254 e. The molecule has 1 saturated heterocycles. The van der Waals surface area contributed by atoms with Crippen LogP contribution in [0.4, 0.5) is 0 Å². The molecule has 0 radical (unpaired) electrons. The number of amides is 1. The number of hydrogen-bond acceptors (Lipinski definition) is 7. The summed E-state index contributed by atoms with van der Waals surface area (Å²) >= 11 is 0. The van der Waals surface area contributed by atoms with Gasteiger partial charge in [0.05, 0.1) is 20.8 Å². The normalized spacial score (nSPS) is 15.7. The summed E-state index contributed by atoms with van der Waals surface area (Å²) in [7, 11) is 3.16. The van der Waals surface area contributed by atoms with Crippen molar-refractivity contribution in [3.8, 4) is 28.6 Å². The Morgan fingerprint density at radius 2 is 1.90 bits per heavy atom. The maximum Gasteiger partial charge on any atom is 0.254 e. The zero-order valence-corrected chi connectivity index (χ0v) is 17.8. The van der Waals surface area contributed by atoms with Crippen LogP contribution in [0.3, 0.4) is 0 Å². The first-order valence-electron chi connectivity index (χ1n) is 10.2. The second kappa shape index (κ2) is 9.07. The van der Waals surface area contributed by atoms with Crippen molar-refractivity contribution in [1.82, 2.24) is 15.0 Å². The van der Waals surface area contributed by atoms with Crippen molar-refractivity contribution in [2.24, 2.45) is 0 Å². The first-order chi connectivity index (χ1) is 15.1. The van der Waals surface area contributed by atoms with Gasteiger partial charge in [0.2, 0.25) is 11.7 Å². The maximum atomic E-state index is 13.1. The lowest BCUT2D eigenvalue weighted by molar-refractivity contribution is 0.0710. The molecule has 2 heterocycles. The van der Waals surface area contributed by atoms with Crippen LogP contribution < -0.4 is 14.2 Å². The maximum absolute atomic E-state index is 13.1. The molecule has 1 aliphatic heterocycles. The Kier molecular flexibility index (Phi) is 6.06. The van der Waals surface area contributed by atoms with Gasteiger partial charge in [0.25, 0.3) is 5.91 Å². The van der Waals surface area contributed by atoms with Crippen LogP contribution >= 0.6 is 0 Å². The van der Waals surface area contributed by atoms with Crippen LogP contribution in [0.25, 0.3) is 11.4 Å². The monoisotopic (exact) mass is 423 g/mol. The predicted molar refractivity (Wildman–Crippen MR) is 113 cm³/mol. The van der Waals surface area contributed by atoms with Crippen molar-refractivity contribution in [3.05, 3.63) is 53.9 Å². The summed E-state index contributed by atoms with van der Waals surface area (Å²) in [5.74, 6) is 2.76. The van der Waals surface area contributed by atoms with E-state index < -0.39 is 0 Å². The minimum Gasteiger partial charge on any atom is -0.494 e. The lowest BCUT2D eigenvalue weighted by Crippen LogP contribution is -2.30. The zero-order valence-electron chi connectivity index (χ0n) is 17.8. The fourth-order valence-electron chi connectivity index (χ4n) is 3.76. The number of hydrogen-bond donors (Lipinski definition) is 0. The zero-order chi connectivity index (χ0) is 21.8. The molecule has 1 aliphatic rings. The highest BCUT2D eigenvalue weighted by molar-refractivity contribution is 5.94. The van der Waals surface area contributed by atoms with Crippen molar-refractivity contribution < 1.29 is 23.5 Å². The number of methoxy groups -OCH3 is 2. The minimum absolute atomic E-state index is 0.0589. The molecular formula is C23H25N3O5. The standard InChI is InChI=1S/C23H25N3O5/c1-4-30-17-10-7-15(8-11-17)23(27)26-13-5-6-18(26)22-24-21(25-31-22)16-9-12-19(28-2)20(14-16)29-3/h7-12,14,18H,4-6,13H2,1-3H3/t18-/m1/s1. The molecule has 1 amide bonds. The molecule has 0 unspecified atom stereocenters. The molecule has 31 heavy (non-hydrogen) atoms. The van der Waals surface area contributed by atoms with E-state index in [9.17, 15) is 4.79 Å². The highest BCUT2D eigenvalue weighted by atomic mass is 16.5. The Hall–Kier alpha value is -3.55. The number of carbonyl (C=O) groups excluding carboxylic acids is 1. The van der Waals surface area contributed by atoms with Crippen LogP contribution in [-0.4, -0.2) is 48.3 Å². The van der Waals surface area contributed by atoms with E-state index in [-0.39, 0.29) is 11.9 Å². The molecule has 0 aliphatic carbocycles. The molecule has 0 N–H and O–H groups in total. The lowest BCUT2D eigenvalue weighted by Gasteiger charge is -2.22. The summed E-state index contributed by atoms with van der Waals surface area (Å²) < 4.78 is 21.6. The van der Waals surface area contributed by atoms with Gasteiger partial charge in [-0.1, -0.05) is 5.16 Å². The molecule has 1 fully saturated rings. The second-order valence-corrected chi connectivity index (χ2v) is 7.14. The third kappa shape index (κ3) is 4.19. The van der Waals surface area contributed by atoms with Crippen LogP contribution in [0.5, 0.6) is 17.2 Å². The Labute approximate surface area is 180 Å². The van der Waals surface area contributed by atoms with E-state index in [1.807, 2.05) is 25.1 Å². The Morgan fingerprint density at radius 1 is 1.13 bits per heavy atom. The average Bonchev–Trinajstić information content (AvgIpc) is 3.48. The van der Waals surface area contributed by atoms with E-state index in [1.165, 1.54) is 0 Å². The predicted octanol–water partition coefficient (Wildman–Crippen LogP) is 4.13. The van der Waals surface area contributed by atoms with E-state index in [4.69, 9.17) is 18.7 Å². The fourth-order valence-corrected chi connectivity index (χ4v) is 3.76.